The molecular formula is C20H20ClNO3S. The van der Waals surface area contributed by atoms with Gasteiger partial charge >= 0.3 is 5.97 Å². The molecule has 26 heavy (non-hydrogen) atoms. The van der Waals surface area contributed by atoms with E-state index in [0.717, 1.165) is 10.4 Å². The summed E-state index contributed by atoms with van der Waals surface area (Å²) in [5.74, 6) is 1.18. The minimum absolute atomic E-state index is 0.0618. The molecule has 2 aromatic heterocycles. The first-order chi connectivity index (χ1) is 12.5. The number of rotatable bonds is 6. The van der Waals surface area contributed by atoms with E-state index in [1.165, 1.54) is 16.9 Å². The lowest BCUT2D eigenvalue weighted by Gasteiger charge is -2.04. The fraction of sp³-hybridized carbons (Fsp3) is 0.300. The van der Waals surface area contributed by atoms with Crippen molar-refractivity contribution in [2.45, 2.75) is 33.1 Å². The van der Waals surface area contributed by atoms with Crippen LogP contribution in [-0.4, -0.2) is 17.6 Å². The van der Waals surface area contributed by atoms with Crippen molar-refractivity contribution >= 4 is 28.9 Å². The topological polar surface area (TPSA) is 52.3 Å². The van der Waals surface area contributed by atoms with Crippen molar-refractivity contribution in [3.05, 3.63) is 52.0 Å². The zero-order valence-electron chi connectivity index (χ0n) is 14.9. The molecule has 0 aliphatic carbocycles. The van der Waals surface area contributed by atoms with Crippen LogP contribution in [0.5, 0.6) is 0 Å². The highest BCUT2D eigenvalue weighted by molar-refractivity contribution is 7.19. The van der Waals surface area contributed by atoms with Gasteiger partial charge in [-0.25, -0.2) is 4.98 Å². The summed E-state index contributed by atoms with van der Waals surface area (Å²) in [6.07, 6.45) is 0.0618. The molecule has 136 valence electrons. The van der Waals surface area contributed by atoms with Gasteiger partial charge in [-0.15, -0.1) is 11.3 Å². The van der Waals surface area contributed by atoms with Gasteiger partial charge in [0.2, 0.25) is 5.89 Å². The number of esters is 1. The summed E-state index contributed by atoms with van der Waals surface area (Å²) < 4.78 is 11.7. The monoisotopic (exact) mass is 389 g/mol. The van der Waals surface area contributed by atoms with Crippen molar-refractivity contribution < 1.29 is 13.9 Å². The molecule has 0 N–H and O–H groups in total. The number of ether oxygens (including phenoxy) is 1. The molecule has 0 aliphatic rings. The second kappa shape index (κ2) is 8.06. The minimum Gasteiger partial charge on any atom is -0.466 e. The number of carbonyl (C=O) groups is 1. The van der Waals surface area contributed by atoms with Crippen LogP contribution in [-0.2, 0) is 16.0 Å². The molecule has 0 aliphatic heterocycles. The molecule has 0 amide bonds. The first-order valence-corrected chi connectivity index (χ1v) is 9.68. The molecule has 0 bridgehead atoms. The highest BCUT2D eigenvalue weighted by Crippen LogP contribution is 2.36. The first-order valence-electron chi connectivity index (χ1n) is 8.49. The van der Waals surface area contributed by atoms with Crippen molar-refractivity contribution in [3.63, 3.8) is 0 Å². The van der Waals surface area contributed by atoms with Crippen LogP contribution < -0.4 is 0 Å². The Bertz CT molecular complexity index is 896. The highest BCUT2D eigenvalue weighted by atomic mass is 35.5. The predicted molar refractivity (Wildman–Crippen MR) is 105 cm³/mol. The highest BCUT2D eigenvalue weighted by Gasteiger charge is 2.21. The largest absolute Gasteiger partial charge is 0.466 e. The smallest absolute Gasteiger partial charge is 0.312 e. The van der Waals surface area contributed by atoms with Gasteiger partial charge in [-0.05, 0) is 42.7 Å². The minimum atomic E-state index is -0.327. The maximum absolute atomic E-state index is 11.9. The lowest BCUT2D eigenvalue weighted by Crippen LogP contribution is -2.08. The van der Waals surface area contributed by atoms with Gasteiger partial charge in [0.05, 0.1) is 27.9 Å². The Labute approximate surface area is 161 Å². The van der Waals surface area contributed by atoms with Crippen LogP contribution in [0.4, 0.5) is 0 Å². The zero-order chi connectivity index (χ0) is 18.7. The lowest BCUT2D eigenvalue weighted by molar-refractivity contribution is -0.142. The third-order valence-electron chi connectivity index (χ3n) is 3.94. The summed E-state index contributed by atoms with van der Waals surface area (Å²) in [6, 6.07) is 11.8. The summed E-state index contributed by atoms with van der Waals surface area (Å²) in [4.78, 5) is 17.3. The molecule has 3 aromatic rings. The number of oxazole rings is 1. The molecule has 4 nitrogen and oxygen atoms in total. The van der Waals surface area contributed by atoms with E-state index in [2.05, 4.69) is 31.0 Å². The number of thiophene rings is 1. The molecular weight excluding hydrogens is 370 g/mol. The van der Waals surface area contributed by atoms with Crippen molar-refractivity contribution in [2.24, 2.45) is 0 Å². The predicted octanol–water partition coefficient (Wildman–Crippen LogP) is 5.95. The maximum atomic E-state index is 11.9. The number of halogens is 1. The number of hydrogen-bond acceptors (Lipinski definition) is 5. The zero-order valence-corrected chi connectivity index (χ0v) is 16.5. The van der Waals surface area contributed by atoms with Gasteiger partial charge < -0.3 is 9.15 Å². The third kappa shape index (κ3) is 4.17. The van der Waals surface area contributed by atoms with Gasteiger partial charge in [-0.2, -0.15) is 0 Å². The SMILES string of the molecule is CCOC(=O)Cc1nc(-c2ccc(C(C)C)cc2)oc1-c1ccc(Cl)s1. The summed E-state index contributed by atoms with van der Waals surface area (Å²) in [5.41, 5.74) is 2.68. The van der Waals surface area contributed by atoms with Crippen molar-refractivity contribution in [1.82, 2.24) is 4.98 Å². The Balaban J connectivity index is 1.98. The Morgan fingerprint density at radius 3 is 2.54 bits per heavy atom. The number of carbonyl (C=O) groups excluding carboxylic acids is 1. The molecule has 1 aromatic carbocycles. The van der Waals surface area contributed by atoms with Crippen LogP contribution in [0, 0.1) is 0 Å². The van der Waals surface area contributed by atoms with Crippen LogP contribution in [0.1, 0.15) is 37.9 Å². The number of aromatic nitrogens is 1. The Hall–Kier alpha value is -2.11. The fourth-order valence-corrected chi connectivity index (χ4v) is 3.63. The van der Waals surface area contributed by atoms with Crippen molar-refractivity contribution in [3.8, 4) is 22.1 Å². The Morgan fingerprint density at radius 1 is 1.23 bits per heavy atom. The number of hydrogen-bond donors (Lipinski definition) is 0. The summed E-state index contributed by atoms with van der Waals surface area (Å²) >= 11 is 7.44. The van der Waals surface area contributed by atoms with E-state index in [0.29, 0.717) is 34.2 Å². The average Bonchev–Trinajstić information content (AvgIpc) is 3.21. The van der Waals surface area contributed by atoms with Crippen LogP contribution in [0.2, 0.25) is 4.34 Å². The normalized spacial score (nSPS) is 11.1. The van der Waals surface area contributed by atoms with Gasteiger partial charge in [0, 0.05) is 5.56 Å². The summed E-state index contributed by atoms with van der Waals surface area (Å²) in [5, 5.41) is 0. The second-order valence-corrected chi connectivity index (χ2v) is 7.87. The standard InChI is InChI=1S/C20H20ClNO3S/c1-4-24-18(23)11-15-19(16-9-10-17(21)26-16)25-20(22-15)14-7-5-13(6-8-14)12(2)3/h5-10,12H,4,11H2,1-3H3. The third-order valence-corrected chi connectivity index (χ3v) is 5.17. The van der Waals surface area contributed by atoms with Gasteiger partial charge in [-0.3, -0.25) is 4.79 Å². The van der Waals surface area contributed by atoms with E-state index in [4.69, 9.17) is 20.8 Å². The molecule has 0 unspecified atom stereocenters. The molecule has 0 saturated carbocycles. The molecule has 0 saturated heterocycles. The molecule has 0 atom stereocenters. The maximum Gasteiger partial charge on any atom is 0.312 e. The van der Waals surface area contributed by atoms with Crippen LogP contribution in [0.3, 0.4) is 0 Å². The Kier molecular flexibility index (Phi) is 5.79. The second-order valence-electron chi connectivity index (χ2n) is 6.16. The van der Waals surface area contributed by atoms with E-state index in [1.807, 2.05) is 18.2 Å². The van der Waals surface area contributed by atoms with E-state index in [-0.39, 0.29) is 12.4 Å². The van der Waals surface area contributed by atoms with Gasteiger partial charge in [0.25, 0.3) is 0 Å². The molecule has 0 fully saturated rings. The van der Waals surface area contributed by atoms with Crippen molar-refractivity contribution in [2.75, 3.05) is 6.61 Å². The Morgan fingerprint density at radius 2 is 1.96 bits per heavy atom. The van der Waals surface area contributed by atoms with E-state index in [9.17, 15) is 4.79 Å². The molecule has 2 heterocycles. The number of benzene rings is 1. The first kappa shape index (κ1) is 18.7. The molecule has 0 radical (unpaired) electrons. The van der Waals surface area contributed by atoms with Crippen LogP contribution >= 0.6 is 22.9 Å². The van der Waals surface area contributed by atoms with Gasteiger partial charge in [0.15, 0.2) is 5.76 Å². The van der Waals surface area contributed by atoms with E-state index < -0.39 is 0 Å². The summed E-state index contributed by atoms with van der Waals surface area (Å²) in [6.45, 7) is 6.41. The molecule has 3 rings (SSSR count). The number of nitrogens with zero attached hydrogens (tertiary/aromatic N) is 1. The van der Waals surface area contributed by atoms with E-state index >= 15 is 0 Å². The molecule has 6 heteroatoms. The van der Waals surface area contributed by atoms with E-state index in [1.54, 1.807) is 13.0 Å². The quantitative estimate of drug-likeness (QED) is 0.488. The van der Waals surface area contributed by atoms with Crippen LogP contribution in [0.25, 0.3) is 22.1 Å². The lowest BCUT2D eigenvalue weighted by atomic mass is 10.0. The molecule has 0 spiro atoms. The van der Waals surface area contributed by atoms with Gasteiger partial charge in [0.1, 0.15) is 0 Å². The summed E-state index contributed by atoms with van der Waals surface area (Å²) in [7, 11) is 0. The fourth-order valence-electron chi connectivity index (χ4n) is 2.58. The average molecular weight is 390 g/mol. The van der Waals surface area contributed by atoms with Crippen molar-refractivity contribution in [1.29, 1.82) is 0 Å². The van der Waals surface area contributed by atoms with Gasteiger partial charge in [-0.1, -0.05) is 37.6 Å². The van der Waals surface area contributed by atoms with Crippen LogP contribution in [0.15, 0.2) is 40.8 Å².